The van der Waals surface area contributed by atoms with Crippen molar-refractivity contribution in [1.82, 2.24) is 24.1 Å². The van der Waals surface area contributed by atoms with Crippen LogP contribution in [0.4, 0.5) is 8.78 Å². The number of halogens is 2. The molecule has 12 heteroatoms. The number of rotatable bonds is 7. The van der Waals surface area contributed by atoms with Gasteiger partial charge in [0.1, 0.15) is 5.65 Å². The van der Waals surface area contributed by atoms with E-state index in [4.69, 9.17) is 9.47 Å². The molecule has 35 heavy (non-hydrogen) atoms. The second-order valence-corrected chi connectivity index (χ2v) is 10.4. The maximum Gasteiger partial charge on any atom is 0.211 e. The van der Waals surface area contributed by atoms with E-state index in [0.29, 0.717) is 29.7 Å². The third kappa shape index (κ3) is 4.12. The standard InChI is InChI=1S/C23H23F2N5O4S/c1-33-19-6-20(34-2)22(25)18(21(19)24)5-14-8-27-23-17(14)4-13(7-26-23)15-9-28-30(10-15)16-11-29(12-16)35(3,31)32/h4,6-10,16H,5,11-12H2,1-3H3,(H,26,27). The number of pyridine rings is 1. The number of hydrogen-bond acceptors (Lipinski definition) is 6. The van der Waals surface area contributed by atoms with Gasteiger partial charge in [0.15, 0.2) is 23.1 Å². The summed E-state index contributed by atoms with van der Waals surface area (Å²) in [5.74, 6) is -1.77. The minimum Gasteiger partial charge on any atom is -0.494 e. The van der Waals surface area contributed by atoms with Crippen molar-refractivity contribution in [3.63, 3.8) is 0 Å². The number of aromatic nitrogens is 4. The van der Waals surface area contributed by atoms with Crippen molar-refractivity contribution in [2.24, 2.45) is 0 Å². The summed E-state index contributed by atoms with van der Waals surface area (Å²) in [5.41, 5.74) is 2.63. The van der Waals surface area contributed by atoms with Crippen LogP contribution in [0.3, 0.4) is 0 Å². The molecular weight excluding hydrogens is 480 g/mol. The zero-order valence-electron chi connectivity index (χ0n) is 19.2. The fraction of sp³-hybridized carbons (Fsp3) is 0.304. The molecule has 4 aromatic rings. The summed E-state index contributed by atoms with van der Waals surface area (Å²) in [6, 6.07) is 3.02. The molecule has 1 aromatic carbocycles. The summed E-state index contributed by atoms with van der Waals surface area (Å²) in [7, 11) is -0.588. The monoisotopic (exact) mass is 503 g/mol. The van der Waals surface area contributed by atoms with Gasteiger partial charge in [-0.2, -0.15) is 9.40 Å². The number of sulfonamides is 1. The molecule has 0 saturated carbocycles. The maximum absolute atomic E-state index is 14.9. The Bertz CT molecular complexity index is 1500. The summed E-state index contributed by atoms with van der Waals surface area (Å²) in [4.78, 5) is 7.49. The van der Waals surface area contributed by atoms with Crippen molar-refractivity contribution in [3.05, 3.63) is 59.7 Å². The van der Waals surface area contributed by atoms with Gasteiger partial charge in [-0.15, -0.1) is 0 Å². The van der Waals surface area contributed by atoms with Crippen LogP contribution in [0.1, 0.15) is 17.2 Å². The number of H-pyrrole nitrogens is 1. The van der Waals surface area contributed by atoms with Gasteiger partial charge < -0.3 is 14.5 Å². The number of aromatic amines is 1. The fourth-order valence-electron chi connectivity index (χ4n) is 4.19. The molecule has 0 spiro atoms. The van der Waals surface area contributed by atoms with Crippen LogP contribution >= 0.6 is 0 Å². The normalized spacial score (nSPS) is 14.9. The summed E-state index contributed by atoms with van der Waals surface area (Å²) in [5, 5.41) is 5.09. The van der Waals surface area contributed by atoms with Crippen molar-refractivity contribution in [2.75, 3.05) is 33.6 Å². The lowest BCUT2D eigenvalue weighted by Gasteiger charge is -2.37. The topological polar surface area (TPSA) is 102 Å². The Labute approximate surface area is 200 Å². The van der Waals surface area contributed by atoms with Crippen LogP contribution in [0.15, 0.2) is 36.9 Å². The fourth-order valence-corrected chi connectivity index (χ4v) is 5.07. The number of methoxy groups -OCH3 is 2. The smallest absolute Gasteiger partial charge is 0.211 e. The van der Waals surface area contributed by atoms with Gasteiger partial charge in [-0.1, -0.05) is 0 Å². The van der Waals surface area contributed by atoms with Gasteiger partial charge in [0.05, 0.1) is 32.7 Å². The van der Waals surface area contributed by atoms with E-state index in [1.54, 1.807) is 23.3 Å². The molecule has 3 aromatic heterocycles. The first-order chi connectivity index (χ1) is 16.7. The van der Waals surface area contributed by atoms with E-state index >= 15 is 0 Å². The van der Waals surface area contributed by atoms with Gasteiger partial charge in [-0.3, -0.25) is 4.68 Å². The maximum atomic E-state index is 14.9. The molecule has 0 aliphatic carbocycles. The summed E-state index contributed by atoms with van der Waals surface area (Å²) < 4.78 is 66.3. The van der Waals surface area contributed by atoms with E-state index in [1.165, 1.54) is 30.8 Å². The third-order valence-corrected chi connectivity index (χ3v) is 7.49. The number of benzene rings is 1. The van der Waals surface area contributed by atoms with E-state index in [-0.39, 0.29) is 29.5 Å². The largest absolute Gasteiger partial charge is 0.494 e. The van der Waals surface area contributed by atoms with Crippen LogP contribution in [-0.2, 0) is 16.4 Å². The average molecular weight is 504 g/mol. The van der Waals surface area contributed by atoms with Crippen molar-refractivity contribution in [2.45, 2.75) is 12.5 Å². The Hall–Kier alpha value is -3.51. The van der Waals surface area contributed by atoms with Gasteiger partial charge in [0.25, 0.3) is 0 Å². The molecule has 1 saturated heterocycles. The number of ether oxygens (including phenoxy) is 2. The molecule has 0 amide bonds. The molecule has 184 valence electrons. The molecule has 1 aliphatic rings. The molecule has 0 atom stereocenters. The second-order valence-electron chi connectivity index (χ2n) is 8.44. The van der Waals surface area contributed by atoms with Crippen molar-refractivity contribution >= 4 is 21.1 Å². The van der Waals surface area contributed by atoms with E-state index in [1.807, 2.05) is 12.3 Å². The Kier molecular flexibility index (Phi) is 5.72. The molecule has 0 radical (unpaired) electrons. The molecule has 1 aliphatic heterocycles. The predicted molar refractivity (Wildman–Crippen MR) is 125 cm³/mol. The summed E-state index contributed by atoms with van der Waals surface area (Å²) in [6.07, 6.45) is 8.02. The summed E-state index contributed by atoms with van der Waals surface area (Å²) in [6.45, 7) is 0.751. The highest BCUT2D eigenvalue weighted by Gasteiger charge is 2.34. The number of nitrogens with zero attached hydrogens (tertiary/aromatic N) is 4. The van der Waals surface area contributed by atoms with Gasteiger partial charge in [-0.25, -0.2) is 22.2 Å². The number of hydrogen-bond donors (Lipinski definition) is 1. The number of nitrogens with one attached hydrogen (secondary N) is 1. The minimum absolute atomic E-state index is 0.0352. The Morgan fingerprint density at radius 2 is 1.77 bits per heavy atom. The third-order valence-electron chi connectivity index (χ3n) is 6.26. The molecule has 9 nitrogen and oxygen atoms in total. The van der Waals surface area contributed by atoms with Crippen LogP contribution in [0, 0.1) is 11.6 Å². The predicted octanol–water partition coefficient (Wildman–Crippen LogP) is 3.13. The number of fused-ring (bicyclic) bond motifs is 1. The lowest BCUT2D eigenvalue weighted by molar-refractivity contribution is 0.192. The molecule has 0 unspecified atom stereocenters. The lowest BCUT2D eigenvalue weighted by atomic mass is 10.0. The second kappa shape index (κ2) is 8.61. The van der Waals surface area contributed by atoms with Crippen LogP contribution < -0.4 is 9.47 Å². The van der Waals surface area contributed by atoms with Gasteiger partial charge in [-0.05, 0) is 11.6 Å². The first kappa shape index (κ1) is 23.2. The molecule has 0 bridgehead atoms. The van der Waals surface area contributed by atoms with Crippen molar-refractivity contribution in [3.8, 4) is 22.6 Å². The molecule has 1 fully saturated rings. The summed E-state index contributed by atoms with van der Waals surface area (Å²) >= 11 is 0. The van der Waals surface area contributed by atoms with E-state index < -0.39 is 21.7 Å². The molecule has 5 rings (SSSR count). The first-order valence-electron chi connectivity index (χ1n) is 10.7. The van der Waals surface area contributed by atoms with Gasteiger partial charge >= 0.3 is 0 Å². The van der Waals surface area contributed by atoms with Crippen molar-refractivity contribution in [1.29, 1.82) is 0 Å². The highest BCUT2D eigenvalue weighted by molar-refractivity contribution is 7.88. The van der Waals surface area contributed by atoms with Crippen LogP contribution in [0.25, 0.3) is 22.2 Å². The van der Waals surface area contributed by atoms with Crippen LogP contribution in [-0.4, -0.2) is 66.0 Å². The highest BCUT2D eigenvalue weighted by Crippen LogP contribution is 2.34. The molecule has 1 N–H and O–H groups in total. The quantitative estimate of drug-likeness (QED) is 0.416. The Balaban J connectivity index is 1.45. The van der Waals surface area contributed by atoms with Gasteiger partial charge in [0, 0.05) is 66.2 Å². The molecular formula is C23H23F2N5O4S. The van der Waals surface area contributed by atoms with Crippen LogP contribution in [0.2, 0.25) is 0 Å². The van der Waals surface area contributed by atoms with Gasteiger partial charge in [0.2, 0.25) is 10.0 Å². The Morgan fingerprint density at radius 1 is 1.09 bits per heavy atom. The average Bonchev–Trinajstić information content (AvgIpc) is 3.42. The van der Waals surface area contributed by atoms with E-state index in [9.17, 15) is 17.2 Å². The van der Waals surface area contributed by atoms with Crippen LogP contribution in [0.5, 0.6) is 11.5 Å². The SMILES string of the molecule is COc1cc(OC)c(F)c(Cc2c[nH]c3ncc(-c4cnn(C5CN(S(C)(=O)=O)C5)c4)cc23)c1F. The highest BCUT2D eigenvalue weighted by atomic mass is 32.2. The van der Waals surface area contributed by atoms with E-state index in [2.05, 4.69) is 15.1 Å². The van der Waals surface area contributed by atoms with E-state index in [0.717, 1.165) is 11.1 Å². The Morgan fingerprint density at radius 3 is 2.40 bits per heavy atom. The minimum atomic E-state index is -3.21. The molecule has 4 heterocycles. The first-order valence-corrected chi connectivity index (χ1v) is 12.6. The zero-order chi connectivity index (χ0) is 24.9. The lowest BCUT2D eigenvalue weighted by Crippen LogP contribution is -2.50. The van der Waals surface area contributed by atoms with Crippen molar-refractivity contribution < 1.29 is 26.7 Å². The zero-order valence-corrected chi connectivity index (χ0v) is 20.1.